The van der Waals surface area contributed by atoms with E-state index >= 15 is 0 Å². The standard InChI is InChI=1S/C30H33N3O2/c1-21-7-8-26(30(35)32-27-13-14-27)18-28(21)24-9-11-25(12-10-24)29(34)31-19-22-5-4-6-23(17-22)20-33-15-2-3-16-33/h4-12,17-18,27H,2-3,13-16,19-20H2,1H3,(H,31,34)(H,32,35). The minimum absolute atomic E-state index is 0.0192. The summed E-state index contributed by atoms with van der Waals surface area (Å²) >= 11 is 0. The van der Waals surface area contributed by atoms with Crippen LogP contribution in [-0.2, 0) is 13.1 Å². The van der Waals surface area contributed by atoms with Crippen LogP contribution in [0.25, 0.3) is 11.1 Å². The minimum Gasteiger partial charge on any atom is -0.349 e. The van der Waals surface area contributed by atoms with Gasteiger partial charge in [-0.1, -0.05) is 42.5 Å². The van der Waals surface area contributed by atoms with Crippen LogP contribution in [-0.4, -0.2) is 35.8 Å². The fraction of sp³-hybridized carbons (Fsp3) is 0.333. The Labute approximate surface area is 207 Å². The molecular formula is C30H33N3O2. The molecule has 3 aromatic carbocycles. The van der Waals surface area contributed by atoms with E-state index in [9.17, 15) is 9.59 Å². The number of carbonyl (C=O) groups excluding carboxylic acids is 2. The Bertz CT molecular complexity index is 1210. The zero-order valence-electron chi connectivity index (χ0n) is 20.3. The molecule has 1 saturated heterocycles. The van der Waals surface area contributed by atoms with Crippen LogP contribution >= 0.6 is 0 Å². The molecule has 1 aliphatic heterocycles. The molecule has 0 spiro atoms. The van der Waals surface area contributed by atoms with Gasteiger partial charge in [0.15, 0.2) is 0 Å². The monoisotopic (exact) mass is 467 g/mol. The molecule has 2 aliphatic rings. The summed E-state index contributed by atoms with van der Waals surface area (Å²) in [4.78, 5) is 27.7. The van der Waals surface area contributed by atoms with Crippen molar-refractivity contribution in [2.24, 2.45) is 0 Å². The van der Waals surface area contributed by atoms with E-state index in [0.717, 1.165) is 41.6 Å². The Balaban J connectivity index is 1.21. The maximum Gasteiger partial charge on any atom is 0.251 e. The van der Waals surface area contributed by atoms with Gasteiger partial charge < -0.3 is 10.6 Å². The molecule has 5 rings (SSSR count). The first kappa shape index (κ1) is 23.3. The summed E-state index contributed by atoms with van der Waals surface area (Å²) in [7, 11) is 0. The van der Waals surface area contributed by atoms with Crippen LogP contribution in [0.15, 0.2) is 66.7 Å². The van der Waals surface area contributed by atoms with Gasteiger partial charge in [-0.25, -0.2) is 0 Å². The Morgan fingerprint density at radius 1 is 0.857 bits per heavy atom. The van der Waals surface area contributed by atoms with Crippen LogP contribution in [0.1, 0.15) is 63.1 Å². The average molecular weight is 468 g/mol. The van der Waals surface area contributed by atoms with Gasteiger partial charge >= 0.3 is 0 Å². The number of nitrogens with one attached hydrogen (secondary N) is 2. The number of hydrogen-bond acceptors (Lipinski definition) is 3. The second-order valence-corrected chi connectivity index (χ2v) is 9.84. The number of hydrogen-bond donors (Lipinski definition) is 2. The number of nitrogens with zero attached hydrogens (tertiary/aromatic N) is 1. The molecule has 0 atom stereocenters. The Morgan fingerprint density at radius 2 is 1.57 bits per heavy atom. The van der Waals surface area contributed by atoms with Gasteiger partial charge in [0, 0.05) is 30.3 Å². The fourth-order valence-corrected chi connectivity index (χ4v) is 4.69. The molecule has 0 bridgehead atoms. The lowest BCUT2D eigenvalue weighted by atomic mass is 9.97. The normalized spacial score (nSPS) is 15.7. The van der Waals surface area contributed by atoms with Crippen molar-refractivity contribution >= 4 is 11.8 Å². The molecule has 1 heterocycles. The van der Waals surface area contributed by atoms with Crippen LogP contribution in [0.2, 0.25) is 0 Å². The number of aryl methyl sites for hydroxylation is 1. The third-order valence-electron chi connectivity index (χ3n) is 6.92. The maximum atomic E-state index is 12.8. The highest BCUT2D eigenvalue weighted by Gasteiger charge is 2.24. The van der Waals surface area contributed by atoms with Crippen molar-refractivity contribution in [1.82, 2.24) is 15.5 Å². The molecule has 2 amide bonds. The van der Waals surface area contributed by atoms with E-state index in [1.54, 1.807) is 0 Å². The van der Waals surface area contributed by atoms with Gasteiger partial charge in [0.1, 0.15) is 0 Å². The molecule has 180 valence electrons. The van der Waals surface area contributed by atoms with E-state index in [0.29, 0.717) is 23.7 Å². The smallest absolute Gasteiger partial charge is 0.251 e. The first-order chi connectivity index (χ1) is 17.0. The molecule has 0 aromatic heterocycles. The molecule has 0 unspecified atom stereocenters. The van der Waals surface area contributed by atoms with Crippen molar-refractivity contribution in [2.75, 3.05) is 13.1 Å². The van der Waals surface area contributed by atoms with Gasteiger partial charge in [0.05, 0.1) is 0 Å². The number of amides is 2. The summed E-state index contributed by atoms with van der Waals surface area (Å²) < 4.78 is 0. The summed E-state index contributed by atoms with van der Waals surface area (Å²) in [5.74, 6) is -0.106. The third-order valence-corrected chi connectivity index (χ3v) is 6.92. The van der Waals surface area contributed by atoms with E-state index in [-0.39, 0.29) is 11.8 Å². The van der Waals surface area contributed by atoms with E-state index in [2.05, 4.69) is 39.8 Å². The SMILES string of the molecule is Cc1ccc(C(=O)NC2CC2)cc1-c1ccc(C(=O)NCc2cccc(CN3CCCC3)c2)cc1. The van der Waals surface area contributed by atoms with Crippen LogP contribution < -0.4 is 10.6 Å². The summed E-state index contributed by atoms with van der Waals surface area (Å²) in [6, 6.07) is 22.2. The molecule has 2 N–H and O–H groups in total. The molecule has 5 nitrogen and oxygen atoms in total. The van der Waals surface area contributed by atoms with Crippen molar-refractivity contribution in [1.29, 1.82) is 0 Å². The molecule has 1 saturated carbocycles. The predicted molar refractivity (Wildman–Crippen MR) is 139 cm³/mol. The molecular weight excluding hydrogens is 434 g/mol. The van der Waals surface area contributed by atoms with Gasteiger partial charge in [0.2, 0.25) is 0 Å². The summed E-state index contributed by atoms with van der Waals surface area (Å²) in [5, 5.41) is 6.10. The van der Waals surface area contributed by atoms with Crippen LogP contribution in [0, 0.1) is 6.92 Å². The largest absolute Gasteiger partial charge is 0.349 e. The van der Waals surface area contributed by atoms with E-state index in [1.807, 2.05) is 49.4 Å². The number of rotatable bonds is 8. The molecule has 2 fully saturated rings. The highest BCUT2D eigenvalue weighted by atomic mass is 16.2. The van der Waals surface area contributed by atoms with Crippen molar-refractivity contribution in [2.45, 2.75) is 51.7 Å². The highest BCUT2D eigenvalue weighted by molar-refractivity contribution is 5.97. The van der Waals surface area contributed by atoms with Crippen molar-refractivity contribution in [3.8, 4) is 11.1 Å². The second kappa shape index (κ2) is 10.4. The molecule has 35 heavy (non-hydrogen) atoms. The first-order valence-electron chi connectivity index (χ1n) is 12.7. The average Bonchev–Trinajstić information content (AvgIpc) is 3.54. The Hall–Kier alpha value is -3.44. The lowest BCUT2D eigenvalue weighted by Crippen LogP contribution is -2.25. The van der Waals surface area contributed by atoms with Gasteiger partial charge in [-0.3, -0.25) is 14.5 Å². The Kier molecular flexibility index (Phi) is 6.96. The maximum absolute atomic E-state index is 12.8. The minimum atomic E-state index is -0.0872. The number of benzene rings is 3. The Morgan fingerprint density at radius 3 is 2.31 bits per heavy atom. The van der Waals surface area contributed by atoms with E-state index in [4.69, 9.17) is 0 Å². The molecule has 3 aromatic rings. The zero-order chi connectivity index (χ0) is 24.2. The fourth-order valence-electron chi connectivity index (χ4n) is 4.69. The highest BCUT2D eigenvalue weighted by Crippen LogP contribution is 2.26. The molecule has 0 radical (unpaired) electrons. The number of carbonyl (C=O) groups is 2. The second-order valence-electron chi connectivity index (χ2n) is 9.84. The predicted octanol–water partition coefficient (Wildman–Crippen LogP) is 5.08. The quantitative estimate of drug-likeness (QED) is 0.486. The summed E-state index contributed by atoms with van der Waals surface area (Å²) in [6.07, 6.45) is 4.71. The summed E-state index contributed by atoms with van der Waals surface area (Å²) in [5.41, 5.74) is 6.81. The van der Waals surface area contributed by atoms with Gasteiger partial charge in [-0.2, -0.15) is 0 Å². The molecule has 1 aliphatic carbocycles. The van der Waals surface area contributed by atoms with Crippen LogP contribution in [0.4, 0.5) is 0 Å². The topological polar surface area (TPSA) is 61.4 Å². The first-order valence-corrected chi connectivity index (χ1v) is 12.7. The summed E-state index contributed by atoms with van der Waals surface area (Å²) in [6.45, 7) is 5.87. The van der Waals surface area contributed by atoms with Crippen molar-refractivity contribution < 1.29 is 9.59 Å². The van der Waals surface area contributed by atoms with Crippen LogP contribution in [0.5, 0.6) is 0 Å². The van der Waals surface area contributed by atoms with Gasteiger partial charge in [-0.15, -0.1) is 0 Å². The van der Waals surface area contributed by atoms with E-state index in [1.165, 1.54) is 31.5 Å². The van der Waals surface area contributed by atoms with Crippen molar-refractivity contribution in [3.63, 3.8) is 0 Å². The van der Waals surface area contributed by atoms with Gasteiger partial charge in [0.25, 0.3) is 11.8 Å². The van der Waals surface area contributed by atoms with Gasteiger partial charge in [-0.05, 0) is 97.8 Å². The molecule has 5 heteroatoms. The zero-order valence-corrected chi connectivity index (χ0v) is 20.3. The lowest BCUT2D eigenvalue weighted by molar-refractivity contribution is 0.0943. The van der Waals surface area contributed by atoms with E-state index < -0.39 is 0 Å². The lowest BCUT2D eigenvalue weighted by Gasteiger charge is -2.15. The van der Waals surface area contributed by atoms with Crippen LogP contribution in [0.3, 0.4) is 0 Å². The number of likely N-dealkylation sites (tertiary alicyclic amines) is 1. The van der Waals surface area contributed by atoms with Crippen molar-refractivity contribution in [3.05, 3.63) is 94.5 Å². The third kappa shape index (κ3) is 5.98.